The van der Waals surface area contributed by atoms with Crippen molar-refractivity contribution in [1.82, 2.24) is 9.66 Å². The van der Waals surface area contributed by atoms with E-state index in [9.17, 15) is 14.9 Å². The van der Waals surface area contributed by atoms with Crippen molar-refractivity contribution in [3.8, 4) is 5.75 Å². The molecule has 8 nitrogen and oxygen atoms in total. The molecule has 0 bridgehead atoms. The van der Waals surface area contributed by atoms with Crippen LogP contribution in [0, 0.1) is 10.1 Å². The van der Waals surface area contributed by atoms with Crippen LogP contribution < -0.4 is 10.3 Å². The fourth-order valence-electron chi connectivity index (χ4n) is 2.98. The first kappa shape index (κ1) is 22.6. The van der Waals surface area contributed by atoms with Crippen LogP contribution in [-0.2, 0) is 5.41 Å². The summed E-state index contributed by atoms with van der Waals surface area (Å²) in [5.41, 5.74) is 0.0984. The third-order valence-electron chi connectivity index (χ3n) is 4.34. The standard InChI is InChI=1S/C22H23BrN4O4/c1-13(2)31-19-9-6-14(10-18(19)27(29)30)12-24-26-20(28)16-11-15(23)7-8-17(16)25-21(26)22(3,4)5/h6-13H,1-5H3. The maximum atomic E-state index is 13.2. The average molecular weight is 487 g/mol. The van der Waals surface area contributed by atoms with E-state index in [4.69, 9.17) is 4.74 Å². The second-order valence-electron chi connectivity index (χ2n) is 8.36. The zero-order valence-electron chi connectivity index (χ0n) is 17.9. The molecule has 0 aliphatic heterocycles. The number of fused-ring (bicyclic) bond motifs is 1. The Kier molecular flexibility index (Phi) is 6.26. The molecule has 3 aromatic rings. The molecule has 3 rings (SSSR count). The predicted octanol–water partition coefficient (Wildman–Crippen LogP) is 5.03. The monoisotopic (exact) mass is 486 g/mol. The summed E-state index contributed by atoms with van der Waals surface area (Å²) in [6, 6.07) is 9.86. The van der Waals surface area contributed by atoms with Crippen molar-refractivity contribution >= 4 is 38.7 Å². The highest BCUT2D eigenvalue weighted by Crippen LogP contribution is 2.28. The van der Waals surface area contributed by atoms with E-state index in [1.54, 1.807) is 32.0 Å². The summed E-state index contributed by atoms with van der Waals surface area (Å²) in [5.74, 6) is 0.666. The van der Waals surface area contributed by atoms with Gasteiger partial charge in [0.05, 0.1) is 28.1 Å². The van der Waals surface area contributed by atoms with Crippen LogP contribution in [0.25, 0.3) is 10.9 Å². The van der Waals surface area contributed by atoms with Crippen molar-refractivity contribution < 1.29 is 9.66 Å². The molecule has 0 radical (unpaired) electrons. The molecule has 2 aromatic carbocycles. The lowest BCUT2D eigenvalue weighted by Crippen LogP contribution is -2.29. The van der Waals surface area contributed by atoms with E-state index in [0.29, 0.717) is 22.3 Å². The number of ether oxygens (including phenoxy) is 1. The first-order valence-corrected chi connectivity index (χ1v) is 10.5. The fraction of sp³-hybridized carbons (Fsp3) is 0.318. The number of nitrogens with zero attached hydrogens (tertiary/aromatic N) is 4. The minimum Gasteiger partial charge on any atom is -0.484 e. The SMILES string of the molecule is CC(C)Oc1ccc(C=Nn2c(C(C)(C)C)nc3ccc(Br)cc3c2=O)cc1[N+](=O)[O-]. The summed E-state index contributed by atoms with van der Waals surface area (Å²) in [6.07, 6.45) is 1.21. The van der Waals surface area contributed by atoms with Crippen LogP contribution in [0.3, 0.4) is 0 Å². The van der Waals surface area contributed by atoms with Crippen LogP contribution in [0.15, 0.2) is 50.8 Å². The Hall–Kier alpha value is -3.07. The van der Waals surface area contributed by atoms with E-state index in [1.165, 1.54) is 23.0 Å². The molecular weight excluding hydrogens is 464 g/mol. The Labute approximate surface area is 187 Å². The Morgan fingerprint density at radius 2 is 1.94 bits per heavy atom. The van der Waals surface area contributed by atoms with Gasteiger partial charge in [0.15, 0.2) is 5.75 Å². The van der Waals surface area contributed by atoms with Crippen LogP contribution >= 0.6 is 15.9 Å². The molecule has 0 spiro atoms. The molecule has 0 fully saturated rings. The van der Waals surface area contributed by atoms with E-state index >= 15 is 0 Å². The number of nitro groups is 1. The molecule has 31 heavy (non-hydrogen) atoms. The normalized spacial score (nSPS) is 12.1. The van der Waals surface area contributed by atoms with Crippen molar-refractivity contribution in [3.63, 3.8) is 0 Å². The number of benzene rings is 2. The van der Waals surface area contributed by atoms with E-state index in [2.05, 4.69) is 26.0 Å². The van der Waals surface area contributed by atoms with Crippen LogP contribution in [-0.4, -0.2) is 26.9 Å². The highest BCUT2D eigenvalue weighted by molar-refractivity contribution is 9.10. The second-order valence-corrected chi connectivity index (χ2v) is 9.27. The van der Waals surface area contributed by atoms with Crippen molar-refractivity contribution in [2.75, 3.05) is 0 Å². The molecular formula is C22H23BrN4O4. The van der Waals surface area contributed by atoms with E-state index in [1.807, 2.05) is 26.8 Å². The van der Waals surface area contributed by atoms with Gasteiger partial charge in [0, 0.05) is 21.5 Å². The first-order chi connectivity index (χ1) is 14.5. The second kappa shape index (κ2) is 8.58. The summed E-state index contributed by atoms with van der Waals surface area (Å²) in [5, 5.41) is 16.2. The molecule has 0 aliphatic rings. The molecule has 9 heteroatoms. The van der Waals surface area contributed by atoms with Gasteiger partial charge in [0.25, 0.3) is 5.56 Å². The number of rotatable bonds is 5. The zero-order chi connectivity index (χ0) is 22.9. The summed E-state index contributed by atoms with van der Waals surface area (Å²) >= 11 is 3.38. The topological polar surface area (TPSA) is 99.6 Å². The van der Waals surface area contributed by atoms with Crippen molar-refractivity contribution in [2.45, 2.75) is 46.1 Å². The maximum absolute atomic E-state index is 13.2. The lowest BCUT2D eigenvalue weighted by atomic mass is 9.95. The Balaban J connectivity index is 2.14. The van der Waals surface area contributed by atoms with Crippen LogP contribution in [0.2, 0.25) is 0 Å². The molecule has 0 saturated carbocycles. The smallest absolute Gasteiger partial charge is 0.311 e. The lowest BCUT2D eigenvalue weighted by molar-refractivity contribution is -0.386. The van der Waals surface area contributed by atoms with Crippen molar-refractivity contribution in [2.24, 2.45) is 5.10 Å². The number of halogens is 1. The van der Waals surface area contributed by atoms with Gasteiger partial charge in [0.2, 0.25) is 0 Å². The minimum atomic E-state index is -0.503. The third-order valence-corrected chi connectivity index (χ3v) is 4.84. The number of hydrogen-bond donors (Lipinski definition) is 0. The van der Waals surface area contributed by atoms with Gasteiger partial charge in [-0.3, -0.25) is 14.9 Å². The van der Waals surface area contributed by atoms with Gasteiger partial charge in [-0.05, 0) is 44.2 Å². The summed E-state index contributed by atoms with van der Waals surface area (Å²) in [7, 11) is 0. The number of hydrogen-bond acceptors (Lipinski definition) is 6. The lowest BCUT2D eigenvalue weighted by Gasteiger charge is -2.20. The maximum Gasteiger partial charge on any atom is 0.311 e. The van der Waals surface area contributed by atoms with Crippen molar-refractivity contribution in [1.29, 1.82) is 0 Å². The highest BCUT2D eigenvalue weighted by atomic mass is 79.9. The Bertz CT molecular complexity index is 1240. The third kappa shape index (κ3) is 4.99. The van der Waals surface area contributed by atoms with Crippen LogP contribution in [0.4, 0.5) is 5.69 Å². The van der Waals surface area contributed by atoms with E-state index in [-0.39, 0.29) is 23.1 Å². The molecule has 0 N–H and O–H groups in total. The summed E-state index contributed by atoms with van der Waals surface area (Å²) in [4.78, 5) is 28.8. The van der Waals surface area contributed by atoms with Gasteiger partial charge >= 0.3 is 5.69 Å². The number of nitro benzene ring substituents is 1. The first-order valence-electron chi connectivity index (χ1n) is 9.69. The molecule has 0 amide bonds. The summed E-state index contributed by atoms with van der Waals surface area (Å²) < 4.78 is 7.52. The van der Waals surface area contributed by atoms with Gasteiger partial charge in [-0.15, -0.1) is 0 Å². The molecule has 0 atom stereocenters. The van der Waals surface area contributed by atoms with Gasteiger partial charge in [-0.1, -0.05) is 36.7 Å². The molecule has 0 saturated heterocycles. The largest absolute Gasteiger partial charge is 0.484 e. The molecule has 1 aromatic heterocycles. The van der Waals surface area contributed by atoms with Gasteiger partial charge in [-0.25, -0.2) is 4.98 Å². The average Bonchev–Trinajstić information content (AvgIpc) is 2.67. The quantitative estimate of drug-likeness (QED) is 0.285. The van der Waals surface area contributed by atoms with Gasteiger partial charge in [0.1, 0.15) is 5.82 Å². The molecule has 162 valence electrons. The molecule has 1 heterocycles. The van der Waals surface area contributed by atoms with E-state index in [0.717, 1.165) is 4.47 Å². The summed E-state index contributed by atoms with van der Waals surface area (Å²) in [6.45, 7) is 9.41. The van der Waals surface area contributed by atoms with Crippen molar-refractivity contribution in [3.05, 3.63) is 72.7 Å². The Morgan fingerprint density at radius 1 is 1.23 bits per heavy atom. The number of aromatic nitrogens is 2. The van der Waals surface area contributed by atoms with Crippen LogP contribution in [0.1, 0.15) is 46.0 Å². The van der Waals surface area contributed by atoms with Gasteiger partial charge < -0.3 is 4.74 Å². The van der Waals surface area contributed by atoms with E-state index < -0.39 is 10.3 Å². The molecule has 0 aliphatic carbocycles. The predicted molar refractivity (Wildman–Crippen MR) is 124 cm³/mol. The highest BCUT2D eigenvalue weighted by Gasteiger charge is 2.23. The Morgan fingerprint density at radius 3 is 2.55 bits per heavy atom. The van der Waals surface area contributed by atoms with Crippen LogP contribution in [0.5, 0.6) is 5.75 Å². The zero-order valence-corrected chi connectivity index (χ0v) is 19.5. The fourth-order valence-corrected chi connectivity index (χ4v) is 3.34. The van der Waals surface area contributed by atoms with Gasteiger partial charge in [-0.2, -0.15) is 9.78 Å². The molecule has 0 unspecified atom stereocenters. The minimum absolute atomic E-state index is 0.165.